The smallest absolute Gasteiger partial charge is 0.254 e. The molecule has 0 bridgehead atoms. The molecule has 1 saturated heterocycles. The lowest BCUT2D eigenvalue weighted by Gasteiger charge is -2.24. The fourth-order valence-electron chi connectivity index (χ4n) is 2.71. The summed E-state index contributed by atoms with van der Waals surface area (Å²) in [4.78, 5) is 19.1. The van der Waals surface area contributed by atoms with Gasteiger partial charge in [-0.1, -0.05) is 13.8 Å². The van der Waals surface area contributed by atoms with Gasteiger partial charge in [-0.15, -0.1) is 0 Å². The van der Waals surface area contributed by atoms with Crippen LogP contribution in [-0.4, -0.2) is 35.4 Å². The van der Waals surface area contributed by atoms with E-state index in [4.69, 9.17) is 0 Å². The van der Waals surface area contributed by atoms with E-state index in [1.807, 2.05) is 24.1 Å². The van der Waals surface area contributed by atoms with Crippen LogP contribution in [0.4, 0.5) is 5.82 Å². The number of hydrogen-bond donors (Lipinski definition) is 1. The summed E-state index contributed by atoms with van der Waals surface area (Å²) in [5.74, 6) is 0.924. The van der Waals surface area contributed by atoms with Gasteiger partial charge in [-0.05, 0) is 37.8 Å². The van der Waals surface area contributed by atoms with E-state index in [0.29, 0.717) is 6.04 Å². The number of amides is 1. The monoisotopic (exact) mass is 261 g/mol. The summed E-state index contributed by atoms with van der Waals surface area (Å²) in [5.41, 5.74) is 1.72. The van der Waals surface area contributed by atoms with Gasteiger partial charge >= 0.3 is 0 Å². The minimum atomic E-state index is 0.151. The number of anilines is 1. The molecule has 1 aromatic rings. The van der Waals surface area contributed by atoms with Gasteiger partial charge < -0.3 is 10.2 Å². The molecule has 1 fully saturated rings. The minimum Gasteiger partial charge on any atom is -0.373 e. The van der Waals surface area contributed by atoms with E-state index in [-0.39, 0.29) is 5.91 Å². The molecular weight excluding hydrogens is 238 g/mol. The Balaban J connectivity index is 2.27. The number of rotatable bonds is 4. The summed E-state index contributed by atoms with van der Waals surface area (Å²) in [5, 5.41) is 3.03. The van der Waals surface area contributed by atoms with Gasteiger partial charge in [-0.2, -0.15) is 0 Å². The molecule has 1 N–H and O–H groups in total. The first-order chi connectivity index (χ1) is 9.19. The van der Waals surface area contributed by atoms with Crippen LogP contribution in [-0.2, 0) is 6.42 Å². The molecule has 0 radical (unpaired) electrons. The molecule has 19 heavy (non-hydrogen) atoms. The molecule has 0 aliphatic carbocycles. The summed E-state index contributed by atoms with van der Waals surface area (Å²) >= 11 is 0. The Morgan fingerprint density at radius 3 is 2.89 bits per heavy atom. The molecule has 0 saturated carbocycles. The van der Waals surface area contributed by atoms with Crippen molar-refractivity contribution in [2.45, 2.75) is 45.6 Å². The second-order valence-electron chi connectivity index (χ2n) is 5.04. The van der Waals surface area contributed by atoms with E-state index in [1.165, 1.54) is 0 Å². The molecule has 1 amide bonds. The number of nitrogens with one attached hydrogen (secondary N) is 1. The maximum absolute atomic E-state index is 12.6. The Kier molecular flexibility index (Phi) is 4.40. The number of carbonyl (C=O) groups is 1. The molecule has 1 unspecified atom stereocenters. The zero-order valence-electron chi connectivity index (χ0n) is 12.1. The van der Waals surface area contributed by atoms with E-state index in [1.54, 1.807) is 0 Å². The highest BCUT2D eigenvalue weighted by atomic mass is 16.2. The summed E-state index contributed by atoms with van der Waals surface area (Å²) in [6.45, 7) is 5.09. The van der Waals surface area contributed by atoms with Gasteiger partial charge in [0.25, 0.3) is 5.91 Å². The molecule has 1 atom stereocenters. The highest BCUT2D eigenvalue weighted by molar-refractivity contribution is 5.95. The van der Waals surface area contributed by atoms with Crippen molar-refractivity contribution in [3.63, 3.8) is 0 Å². The lowest BCUT2D eigenvalue weighted by atomic mass is 10.1. The van der Waals surface area contributed by atoms with Crippen LogP contribution in [0.3, 0.4) is 0 Å². The molecule has 4 nitrogen and oxygen atoms in total. The first-order valence-electron chi connectivity index (χ1n) is 7.19. The van der Waals surface area contributed by atoms with Crippen molar-refractivity contribution in [1.29, 1.82) is 0 Å². The predicted molar refractivity (Wildman–Crippen MR) is 77.5 cm³/mol. The topological polar surface area (TPSA) is 45.2 Å². The number of likely N-dealkylation sites (tertiary alicyclic amines) is 1. The van der Waals surface area contributed by atoms with Gasteiger partial charge in [0, 0.05) is 30.9 Å². The van der Waals surface area contributed by atoms with Crippen LogP contribution in [0.25, 0.3) is 0 Å². The summed E-state index contributed by atoms with van der Waals surface area (Å²) in [7, 11) is 1.83. The first kappa shape index (κ1) is 13.8. The van der Waals surface area contributed by atoms with Crippen molar-refractivity contribution >= 4 is 11.7 Å². The molecule has 1 aromatic heterocycles. The molecule has 4 heteroatoms. The normalized spacial score (nSPS) is 18.7. The second kappa shape index (κ2) is 6.04. The molecular formula is C15H23N3O. The lowest BCUT2D eigenvalue weighted by molar-refractivity contribution is 0.0733. The van der Waals surface area contributed by atoms with Crippen LogP contribution < -0.4 is 5.32 Å². The molecule has 2 rings (SSSR count). The highest BCUT2D eigenvalue weighted by Crippen LogP contribution is 2.23. The fourth-order valence-corrected chi connectivity index (χ4v) is 2.71. The lowest BCUT2D eigenvalue weighted by Crippen LogP contribution is -2.35. The maximum atomic E-state index is 12.6. The maximum Gasteiger partial charge on any atom is 0.254 e. The third kappa shape index (κ3) is 2.88. The molecule has 0 aromatic carbocycles. The van der Waals surface area contributed by atoms with Crippen molar-refractivity contribution in [2.24, 2.45) is 0 Å². The Hall–Kier alpha value is -1.58. The number of aromatic nitrogens is 1. The van der Waals surface area contributed by atoms with Gasteiger partial charge in [0.15, 0.2) is 0 Å². The molecule has 2 heterocycles. The molecule has 1 aliphatic rings. The zero-order chi connectivity index (χ0) is 13.8. The van der Waals surface area contributed by atoms with Crippen LogP contribution in [0.15, 0.2) is 12.1 Å². The van der Waals surface area contributed by atoms with Crippen LogP contribution >= 0.6 is 0 Å². The van der Waals surface area contributed by atoms with Crippen LogP contribution in [0, 0.1) is 0 Å². The third-order valence-corrected chi connectivity index (χ3v) is 3.85. The van der Waals surface area contributed by atoms with Gasteiger partial charge in [-0.3, -0.25) is 4.79 Å². The zero-order valence-corrected chi connectivity index (χ0v) is 12.1. The number of carbonyl (C=O) groups excluding carboxylic acids is 1. The first-order valence-corrected chi connectivity index (χ1v) is 7.19. The van der Waals surface area contributed by atoms with E-state index < -0.39 is 0 Å². The minimum absolute atomic E-state index is 0.151. The summed E-state index contributed by atoms with van der Waals surface area (Å²) in [6.07, 6.45) is 4.13. The molecule has 1 aliphatic heterocycles. The van der Waals surface area contributed by atoms with E-state index in [2.05, 4.69) is 24.1 Å². The second-order valence-corrected chi connectivity index (χ2v) is 5.04. The number of pyridine rings is 1. The largest absolute Gasteiger partial charge is 0.373 e. The van der Waals surface area contributed by atoms with Crippen LogP contribution in [0.2, 0.25) is 0 Å². The Morgan fingerprint density at radius 2 is 2.26 bits per heavy atom. The Bertz CT molecular complexity index is 436. The summed E-state index contributed by atoms with van der Waals surface area (Å²) in [6, 6.07) is 4.18. The van der Waals surface area contributed by atoms with E-state index in [0.717, 1.165) is 49.3 Å². The average Bonchev–Trinajstić information content (AvgIpc) is 2.94. The molecule has 104 valence electrons. The van der Waals surface area contributed by atoms with E-state index in [9.17, 15) is 4.79 Å². The van der Waals surface area contributed by atoms with Gasteiger partial charge in [-0.25, -0.2) is 4.98 Å². The Labute approximate surface area is 115 Å². The standard InChI is InChI=1S/C15H23N3O/c1-4-12-9-11(10-14(16-3)17-12)15(19)18-8-6-7-13(18)5-2/h9-10,13H,4-8H2,1-3H3,(H,16,17). The van der Waals surface area contributed by atoms with Crippen molar-refractivity contribution < 1.29 is 4.79 Å². The third-order valence-electron chi connectivity index (χ3n) is 3.85. The molecule has 0 spiro atoms. The number of aryl methyl sites for hydroxylation is 1. The quantitative estimate of drug-likeness (QED) is 0.906. The van der Waals surface area contributed by atoms with Crippen molar-refractivity contribution in [1.82, 2.24) is 9.88 Å². The SMILES string of the molecule is CCc1cc(C(=O)N2CCCC2CC)cc(NC)n1. The van der Waals surface area contributed by atoms with Crippen molar-refractivity contribution in [3.05, 3.63) is 23.4 Å². The summed E-state index contributed by atoms with van der Waals surface area (Å²) < 4.78 is 0. The highest BCUT2D eigenvalue weighted by Gasteiger charge is 2.28. The van der Waals surface area contributed by atoms with Gasteiger partial charge in [0.05, 0.1) is 0 Å². The van der Waals surface area contributed by atoms with Crippen molar-refractivity contribution in [2.75, 3.05) is 18.9 Å². The van der Waals surface area contributed by atoms with Crippen LogP contribution in [0.5, 0.6) is 0 Å². The number of hydrogen-bond acceptors (Lipinski definition) is 3. The fraction of sp³-hybridized carbons (Fsp3) is 0.600. The average molecular weight is 261 g/mol. The Morgan fingerprint density at radius 1 is 1.47 bits per heavy atom. The van der Waals surface area contributed by atoms with Crippen molar-refractivity contribution in [3.8, 4) is 0 Å². The van der Waals surface area contributed by atoms with Gasteiger partial charge in [0.1, 0.15) is 5.82 Å². The number of nitrogens with zero attached hydrogens (tertiary/aromatic N) is 2. The predicted octanol–water partition coefficient (Wildman–Crippen LogP) is 2.70. The van der Waals surface area contributed by atoms with E-state index >= 15 is 0 Å². The van der Waals surface area contributed by atoms with Crippen LogP contribution in [0.1, 0.15) is 49.2 Å². The van der Waals surface area contributed by atoms with Gasteiger partial charge in [0.2, 0.25) is 0 Å².